The minimum atomic E-state index is -1.18. The third-order valence-electron chi connectivity index (χ3n) is 6.21. The number of hydrogen-bond acceptors (Lipinski definition) is 5. The fourth-order valence-corrected chi connectivity index (χ4v) is 4.12. The van der Waals surface area contributed by atoms with Crippen LogP contribution in [0, 0.1) is 0 Å². The first-order valence-electron chi connectivity index (χ1n) is 12.2. The van der Waals surface area contributed by atoms with Crippen molar-refractivity contribution in [3.8, 4) is 0 Å². The van der Waals surface area contributed by atoms with Gasteiger partial charge < -0.3 is 25.7 Å². The highest BCUT2D eigenvalue weighted by atomic mass is 16.5. The lowest BCUT2D eigenvalue weighted by atomic mass is 9.99. The molecule has 1 aromatic heterocycles. The van der Waals surface area contributed by atoms with Gasteiger partial charge in [-0.3, -0.25) is 9.59 Å². The Bertz CT molecular complexity index is 1180. The van der Waals surface area contributed by atoms with Crippen LogP contribution in [0.25, 0.3) is 10.9 Å². The number of fused-ring (bicyclic) bond motifs is 1. The number of likely N-dealkylation sites (N-methyl/N-ethyl adjacent to an activating group) is 1. The number of amides is 2. The molecule has 0 saturated carbocycles. The lowest BCUT2D eigenvalue weighted by Gasteiger charge is -2.31. The molecule has 8 heteroatoms. The van der Waals surface area contributed by atoms with Crippen LogP contribution in [-0.4, -0.2) is 58.9 Å². The number of rotatable bonds is 11. The number of hydrogen-bond donors (Lipinski definition) is 3. The molecule has 0 aliphatic carbocycles. The zero-order valence-corrected chi connectivity index (χ0v) is 21.4. The molecule has 0 spiro atoms. The van der Waals surface area contributed by atoms with Gasteiger partial charge in [0.05, 0.1) is 12.1 Å². The SMILES string of the molecule is CCOC(=O)C(CCc1ccccc1)N(C)C(=O)[C@@H](Cc1c[nH]c2ccccc12)NC(=O)C(C)(C)N. The monoisotopic (exact) mass is 492 g/mol. The third-order valence-corrected chi connectivity index (χ3v) is 6.21. The van der Waals surface area contributed by atoms with Gasteiger partial charge in [0.25, 0.3) is 0 Å². The number of ether oxygens (including phenoxy) is 1. The predicted molar refractivity (Wildman–Crippen MR) is 140 cm³/mol. The van der Waals surface area contributed by atoms with Crippen LogP contribution in [-0.2, 0) is 32.0 Å². The second kappa shape index (κ2) is 11.9. The van der Waals surface area contributed by atoms with Gasteiger partial charge in [-0.15, -0.1) is 0 Å². The summed E-state index contributed by atoms with van der Waals surface area (Å²) < 4.78 is 5.30. The van der Waals surface area contributed by atoms with Crippen LogP contribution in [0.2, 0.25) is 0 Å². The van der Waals surface area contributed by atoms with Crippen molar-refractivity contribution >= 4 is 28.7 Å². The fraction of sp³-hybridized carbons (Fsp3) is 0.393. The number of nitrogens with two attached hydrogens (primary N) is 1. The maximum absolute atomic E-state index is 13.8. The number of esters is 1. The van der Waals surface area contributed by atoms with Gasteiger partial charge in [-0.1, -0.05) is 48.5 Å². The van der Waals surface area contributed by atoms with Crippen molar-refractivity contribution in [1.82, 2.24) is 15.2 Å². The number of aromatic amines is 1. The van der Waals surface area contributed by atoms with Gasteiger partial charge in [0.15, 0.2) is 0 Å². The summed E-state index contributed by atoms with van der Waals surface area (Å²) in [5.41, 5.74) is 7.71. The summed E-state index contributed by atoms with van der Waals surface area (Å²) in [7, 11) is 1.58. The first-order chi connectivity index (χ1) is 17.1. The van der Waals surface area contributed by atoms with E-state index >= 15 is 0 Å². The Morgan fingerprint density at radius 3 is 2.42 bits per heavy atom. The largest absolute Gasteiger partial charge is 0.464 e. The van der Waals surface area contributed by atoms with E-state index in [-0.39, 0.29) is 18.9 Å². The minimum absolute atomic E-state index is 0.208. The molecule has 36 heavy (non-hydrogen) atoms. The Balaban J connectivity index is 1.87. The lowest BCUT2D eigenvalue weighted by Crippen LogP contribution is -2.58. The van der Waals surface area contributed by atoms with Crippen LogP contribution in [0.5, 0.6) is 0 Å². The van der Waals surface area contributed by atoms with E-state index in [4.69, 9.17) is 10.5 Å². The van der Waals surface area contributed by atoms with Gasteiger partial charge in [-0.05, 0) is 50.8 Å². The Morgan fingerprint density at radius 2 is 1.75 bits per heavy atom. The molecular weight excluding hydrogens is 456 g/mol. The van der Waals surface area contributed by atoms with Crippen molar-refractivity contribution < 1.29 is 19.1 Å². The molecule has 2 atom stereocenters. The highest BCUT2D eigenvalue weighted by molar-refractivity contribution is 5.94. The van der Waals surface area contributed by atoms with Crippen molar-refractivity contribution in [2.75, 3.05) is 13.7 Å². The zero-order chi connectivity index (χ0) is 26.3. The van der Waals surface area contributed by atoms with E-state index in [0.717, 1.165) is 22.0 Å². The molecule has 192 valence electrons. The van der Waals surface area contributed by atoms with E-state index in [1.807, 2.05) is 60.8 Å². The molecule has 0 aliphatic heterocycles. The standard InChI is InChI=1S/C28H36N4O4/c1-5-36-26(34)24(16-15-19-11-7-6-8-12-19)32(4)25(33)23(31-27(35)28(2,3)29)17-20-18-30-22-14-10-9-13-21(20)22/h6-14,18,23-24,30H,5,15-17,29H2,1-4H3,(H,31,35)/t23-,24?/m1/s1. The lowest BCUT2D eigenvalue weighted by molar-refractivity contribution is -0.155. The number of aryl methyl sites for hydroxylation is 1. The maximum Gasteiger partial charge on any atom is 0.328 e. The van der Waals surface area contributed by atoms with E-state index in [1.165, 1.54) is 4.90 Å². The van der Waals surface area contributed by atoms with Crippen molar-refractivity contribution in [3.05, 3.63) is 71.9 Å². The van der Waals surface area contributed by atoms with Crippen LogP contribution in [0.15, 0.2) is 60.8 Å². The second-order valence-corrected chi connectivity index (χ2v) is 9.55. The number of aromatic nitrogens is 1. The average molecular weight is 493 g/mol. The molecule has 0 fully saturated rings. The summed E-state index contributed by atoms with van der Waals surface area (Å²) in [5.74, 6) is -1.31. The Kier molecular flexibility index (Phi) is 8.88. The average Bonchev–Trinajstić information content (AvgIpc) is 3.26. The molecule has 4 N–H and O–H groups in total. The summed E-state index contributed by atoms with van der Waals surface area (Å²) in [6.07, 6.45) is 3.06. The van der Waals surface area contributed by atoms with Crippen molar-refractivity contribution in [3.63, 3.8) is 0 Å². The molecule has 0 radical (unpaired) electrons. The molecule has 2 aromatic carbocycles. The summed E-state index contributed by atoms with van der Waals surface area (Å²) in [5, 5.41) is 3.78. The van der Waals surface area contributed by atoms with Crippen LogP contribution in [0.4, 0.5) is 0 Å². The van der Waals surface area contributed by atoms with Crippen LogP contribution in [0.3, 0.4) is 0 Å². The number of para-hydroxylation sites is 1. The molecule has 3 rings (SSSR count). The van der Waals surface area contributed by atoms with E-state index in [1.54, 1.807) is 27.8 Å². The molecule has 1 unspecified atom stereocenters. The van der Waals surface area contributed by atoms with Crippen LogP contribution in [0.1, 0.15) is 38.3 Å². The molecule has 0 bridgehead atoms. The van der Waals surface area contributed by atoms with Gasteiger partial charge >= 0.3 is 5.97 Å². The second-order valence-electron chi connectivity index (χ2n) is 9.55. The summed E-state index contributed by atoms with van der Waals surface area (Å²) in [6.45, 7) is 5.11. The van der Waals surface area contributed by atoms with Crippen molar-refractivity contribution in [2.24, 2.45) is 5.73 Å². The van der Waals surface area contributed by atoms with Crippen LogP contribution >= 0.6 is 0 Å². The first kappa shape index (κ1) is 26.9. The predicted octanol–water partition coefficient (Wildman–Crippen LogP) is 2.96. The van der Waals surface area contributed by atoms with Gasteiger partial charge in [0.1, 0.15) is 12.1 Å². The van der Waals surface area contributed by atoms with E-state index in [0.29, 0.717) is 12.8 Å². The van der Waals surface area contributed by atoms with E-state index in [9.17, 15) is 14.4 Å². The number of carbonyl (C=O) groups excluding carboxylic acids is 3. The Morgan fingerprint density at radius 1 is 1.08 bits per heavy atom. The molecular formula is C28H36N4O4. The normalized spacial score (nSPS) is 13.1. The minimum Gasteiger partial charge on any atom is -0.464 e. The molecule has 2 amide bonds. The number of nitrogens with one attached hydrogen (secondary N) is 2. The van der Waals surface area contributed by atoms with Crippen molar-refractivity contribution in [1.29, 1.82) is 0 Å². The maximum atomic E-state index is 13.8. The summed E-state index contributed by atoms with van der Waals surface area (Å²) >= 11 is 0. The van der Waals surface area contributed by atoms with Gasteiger partial charge in [-0.2, -0.15) is 0 Å². The molecule has 0 saturated heterocycles. The zero-order valence-electron chi connectivity index (χ0n) is 21.4. The van der Waals surface area contributed by atoms with Crippen molar-refractivity contribution in [2.45, 2.75) is 57.7 Å². The van der Waals surface area contributed by atoms with Crippen LogP contribution < -0.4 is 11.1 Å². The highest BCUT2D eigenvalue weighted by Gasteiger charge is 2.35. The molecule has 8 nitrogen and oxygen atoms in total. The number of benzene rings is 2. The number of H-pyrrole nitrogens is 1. The van der Waals surface area contributed by atoms with Gasteiger partial charge in [0, 0.05) is 30.6 Å². The smallest absolute Gasteiger partial charge is 0.328 e. The molecule has 3 aromatic rings. The Labute approximate surface area is 212 Å². The van der Waals surface area contributed by atoms with E-state index < -0.39 is 29.5 Å². The Hall–Kier alpha value is -3.65. The first-order valence-corrected chi connectivity index (χ1v) is 12.2. The topological polar surface area (TPSA) is 118 Å². The molecule has 0 aliphatic rings. The quantitative estimate of drug-likeness (QED) is 0.356. The third kappa shape index (κ3) is 6.73. The molecule has 1 heterocycles. The number of carbonyl (C=O) groups is 3. The van der Waals surface area contributed by atoms with Gasteiger partial charge in [-0.25, -0.2) is 4.79 Å². The van der Waals surface area contributed by atoms with Gasteiger partial charge in [0.2, 0.25) is 11.8 Å². The summed E-state index contributed by atoms with van der Waals surface area (Å²) in [6, 6.07) is 15.8. The fourth-order valence-electron chi connectivity index (χ4n) is 4.12. The van der Waals surface area contributed by atoms with E-state index in [2.05, 4.69) is 10.3 Å². The highest BCUT2D eigenvalue weighted by Crippen LogP contribution is 2.21. The number of nitrogens with zero attached hydrogens (tertiary/aromatic N) is 1. The summed E-state index contributed by atoms with van der Waals surface area (Å²) in [4.78, 5) is 44.1.